The van der Waals surface area contributed by atoms with Crippen LogP contribution in [0.4, 0.5) is 0 Å². The van der Waals surface area contributed by atoms with E-state index in [-0.39, 0.29) is 18.0 Å². The van der Waals surface area contributed by atoms with Gasteiger partial charge in [-0.1, -0.05) is 13.8 Å². The first kappa shape index (κ1) is 12.5. The van der Waals surface area contributed by atoms with Crippen LogP contribution in [0.5, 0.6) is 0 Å². The van der Waals surface area contributed by atoms with Crippen molar-refractivity contribution in [2.75, 3.05) is 0 Å². The minimum absolute atomic E-state index is 0.0344. The Morgan fingerprint density at radius 1 is 1.62 bits per heavy atom. The van der Waals surface area contributed by atoms with Crippen LogP contribution in [-0.4, -0.2) is 25.8 Å². The highest BCUT2D eigenvalue weighted by Gasteiger charge is 2.16. The zero-order valence-corrected chi connectivity index (χ0v) is 9.51. The van der Waals surface area contributed by atoms with E-state index >= 15 is 0 Å². The molecule has 1 aromatic rings. The van der Waals surface area contributed by atoms with E-state index < -0.39 is 5.97 Å². The molecule has 6 nitrogen and oxygen atoms in total. The van der Waals surface area contributed by atoms with Crippen LogP contribution in [0.1, 0.15) is 26.7 Å². The second kappa shape index (κ2) is 5.48. The second-order valence-electron chi connectivity index (χ2n) is 4.41. The van der Waals surface area contributed by atoms with E-state index in [1.165, 1.54) is 10.9 Å². The Bertz CT molecular complexity index is 394. The molecule has 0 spiro atoms. The zero-order chi connectivity index (χ0) is 12.1. The topological polar surface area (TPSA) is 88.0 Å². The first-order chi connectivity index (χ1) is 7.49. The summed E-state index contributed by atoms with van der Waals surface area (Å²) < 4.78 is 1.41. The fourth-order valence-corrected chi connectivity index (χ4v) is 1.81. The highest BCUT2D eigenvalue weighted by molar-refractivity contribution is 5.66. The van der Waals surface area contributed by atoms with Crippen LogP contribution in [-0.2, 0) is 11.3 Å². The number of aliphatic carboxylic acids is 1. The van der Waals surface area contributed by atoms with Gasteiger partial charge in [-0.15, -0.1) is 0 Å². The number of nitrogens with one attached hydrogen (secondary N) is 1. The van der Waals surface area contributed by atoms with Gasteiger partial charge in [-0.05, 0) is 18.3 Å². The quantitative estimate of drug-likeness (QED) is 0.749. The number of carboxylic acids is 1. The lowest BCUT2D eigenvalue weighted by Crippen LogP contribution is -2.23. The van der Waals surface area contributed by atoms with E-state index in [0.29, 0.717) is 12.5 Å². The Morgan fingerprint density at radius 2 is 2.31 bits per heavy atom. The van der Waals surface area contributed by atoms with Gasteiger partial charge in [-0.2, -0.15) is 5.10 Å². The summed E-state index contributed by atoms with van der Waals surface area (Å²) in [5, 5.41) is 14.7. The molecule has 0 aliphatic heterocycles. The summed E-state index contributed by atoms with van der Waals surface area (Å²) in [5.74, 6) is -0.457. The van der Waals surface area contributed by atoms with Gasteiger partial charge in [0.05, 0.1) is 0 Å². The molecule has 0 bridgehead atoms. The molecular weight excluding hydrogens is 210 g/mol. The number of hydrogen-bond acceptors (Lipinski definition) is 3. The summed E-state index contributed by atoms with van der Waals surface area (Å²) in [4.78, 5) is 21.9. The summed E-state index contributed by atoms with van der Waals surface area (Å²) in [6.45, 7) is 4.47. The molecule has 1 heterocycles. The maximum absolute atomic E-state index is 11.2. The molecule has 1 atom stereocenters. The van der Waals surface area contributed by atoms with Crippen molar-refractivity contribution in [2.24, 2.45) is 11.8 Å². The van der Waals surface area contributed by atoms with Crippen LogP contribution < -0.4 is 5.69 Å². The number of carbonyl (C=O) groups is 1. The van der Waals surface area contributed by atoms with Gasteiger partial charge in [0, 0.05) is 13.0 Å². The molecule has 0 fully saturated rings. The minimum atomic E-state index is -0.831. The summed E-state index contributed by atoms with van der Waals surface area (Å²) in [6.07, 6.45) is 2.26. The number of hydrogen-bond donors (Lipinski definition) is 2. The molecule has 0 aliphatic rings. The van der Waals surface area contributed by atoms with Gasteiger partial charge in [0.15, 0.2) is 0 Å². The van der Waals surface area contributed by atoms with E-state index in [2.05, 4.69) is 10.2 Å². The molecule has 0 aliphatic carbocycles. The molecule has 0 radical (unpaired) electrons. The van der Waals surface area contributed by atoms with Gasteiger partial charge in [-0.3, -0.25) is 9.36 Å². The van der Waals surface area contributed by atoms with Crippen molar-refractivity contribution in [3.63, 3.8) is 0 Å². The Balaban J connectivity index is 2.66. The van der Waals surface area contributed by atoms with E-state index in [4.69, 9.17) is 5.11 Å². The monoisotopic (exact) mass is 227 g/mol. The molecule has 1 rings (SSSR count). The van der Waals surface area contributed by atoms with Crippen LogP contribution >= 0.6 is 0 Å². The van der Waals surface area contributed by atoms with Crippen molar-refractivity contribution < 1.29 is 9.90 Å². The van der Waals surface area contributed by atoms with Gasteiger partial charge in [0.25, 0.3) is 0 Å². The summed E-state index contributed by atoms with van der Waals surface area (Å²) >= 11 is 0. The van der Waals surface area contributed by atoms with Crippen molar-refractivity contribution in [3.05, 3.63) is 16.8 Å². The highest BCUT2D eigenvalue weighted by atomic mass is 16.4. The largest absolute Gasteiger partial charge is 0.481 e. The normalized spacial score (nSPS) is 12.9. The molecule has 6 heteroatoms. The van der Waals surface area contributed by atoms with Gasteiger partial charge >= 0.3 is 11.7 Å². The Hall–Kier alpha value is -1.59. The third-order valence-corrected chi connectivity index (χ3v) is 2.34. The predicted octanol–water partition coefficient (Wildman–Crippen LogP) is 0.708. The average Bonchev–Trinajstić information content (AvgIpc) is 2.49. The Kier molecular flexibility index (Phi) is 4.28. The molecule has 0 saturated carbocycles. The number of H-pyrrole nitrogens is 1. The molecule has 90 valence electrons. The Labute approximate surface area is 93.3 Å². The van der Waals surface area contributed by atoms with E-state index in [9.17, 15) is 9.59 Å². The van der Waals surface area contributed by atoms with Crippen LogP contribution in [0.25, 0.3) is 0 Å². The van der Waals surface area contributed by atoms with Crippen molar-refractivity contribution in [1.82, 2.24) is 14.8 Å². The van der Waals surface area contributed by atoms with Crippen LogP contribution in [0, 0.1) is 11.8 Å². The number of aromatic nitrogens is 3. The molecule has 0 aromatic carbocycles. The first-order valence-corrected chi connectivity index (χ1v) is 5.30. The van der Waals surface area contributed by atoms with Gasteiger partial charge < -0.3 is 5.11 Å². The number of nitrogens with zero attached hydrogens (tertiary/aromatic N) is 2. The molecule has 1 unspecified atom stereocenters. The standard InChI is InChI=1S/C10H17N3O3/c1-7(2)3-8(4-9(14)15)5-13-6-11-12-10(13)16/h6-8H,3-5H2,1-2H3,(H,12,16)(H,14,15). The average molecular weight is 227 g/mol. The van der Waals surface area contributed by atoms with Crippen LogP contribution in [0.3, 0.4) is 0 Å². The molecular formula is C10H17N3O3. The lowest BCUT2D eigenvalue weighted by Gasteiger charge is -2.16. The van der Waals surface area contributed by atoms with Crippen molar-refractivity contribution >= 4 is 5.97 Å². The van der Waals surface area contributed by atoms with Gasteiger partial charge in [0.2, 0.25) is 0 Å². The predicted molar refractivity (Wildman–Crippen MR) is 58.0 cm³/mol. The Morgan fingerprint density at radius 3 is 2.75 bits per heavy atom. The molecule has 16 heavy (non-hydrogen) atoms. The van der Waals surface area contributed by atoms with E-state index in [1.54, 1.807) is 0 Å². The molecule has 2 N–H and O–H groups in total. The second-order valence-corrected chi connectivity index (χ2v) is 4.41. The maximum atomic E-state index is 11.2. The maximum Gasteiger partial charge on any atom is 0.343 e. The van der Waals surface area contributed by atoms with E-state index in [0.717, 1.165) is 6.42 Å². The third kappa shape index (κ3) is 3.88. The smallest absolute Gasteiger partial charge is 0.343 e. The van der Waals surface area contributed by atoms with Crippen LogP contribution in [0.15, 0.2) is 11.1 Å². The van der Waals surface area contributed by atoms with Crippen molar-refractivity contribution in [3.8, 4) is 0 Å². The molecule has 1 aromatic heterocycles. The van der Waals surface area contributed by atoms with Gasteiger partial charge in [0.1, 0.15) is 6.33 Å². The molecule has 0 saturated heterocycles. The number of carboxylic acid groups (broad SMARTS) is 1. The number of rotatable bonds is 6. The fourth-order valence-electron chi connectivity index (χ4n) is 1.81. The molecule has 0 amide bonds. The summed E-state index contributed by atoms with van der Waals surface area (Å²) in [6, 6.07) is 0. The summed E-state index contributed by atoms with van der Waals surface area (Å²) in [7, 11) is 0. The SMILES string of the molecule is CC(C)CC(CC(=O)O)Cn1cn[nH]c1=O. The lowest BCUT2D eigenvalue weighted by atomic mass is 9.94. The highest BCUT2D eigenvalue weighted by Crippen LogP contribution is 2.16. The minimum Gasteiger partial charge on any atom is -0.481 e. The number of aromatic amines is 1. The lowest BCUT2D eigenvalue weighted by molar-refractivity contribution is -0.138. The third-order valence-electron chi connectivity index (χ3n) is 2.34. The fraction of sp³-hybridized carbons (Fsp3) is 0.700. The summed E-state index contributed by atoms with van der Waals surface area (Å²) in [5.41, 5.74) is -0.292. The zero-order valence-electron chi connectivity index (χ0n) is 9.51. The van der Waals surface area contributed by atoms with Crippen molar-refractivity contribution in [2.45, 2.75) is 33.2 Å². The van der Waals surface area contributed by atoms with Gasteiger partial charge in [-0.25, -0.2) is 9.89 Å². The van der Waals surface area contributed by atoms with E-state index in [1.807, 2.05) is 13.8 Å². The van der Waals surface area contributed by atoms with Crippen LogP contribution in [0.2, 0.25) is 0 Å². The first-order valence-electron chi connectivity index (χ1n) is 5.30. The van der Waals surface area contributed by atoms with Crippen molar-refractivity contribution in [1.29, 1.82) is 0 Å².